The molecule has 7 heteroatoms. The number of benzene rings is 2. The molecular weight excluding hydrogens is 327 g/mol. The Bertz CT molecular complexity index is 915. The summed E-state index contributed by atoms with van der Waals surface area (Å²) in [6, 6.07) is 9.87. The Morgan fingerprint density at radius 1 is 1.14 bits per heavy atom. The number of carbonyl (C=O) groups is 1. The topological polar surface area (TPSA) is 75.1 Å². The molecular formula is C15H10Cl2N2O3. The number of rotatable bonds is 3. The Balaban J connectivity index is 1.73. The largest absolute Gasteiger partial charge is 0.417 e. The quantitative estimate of drug-likeness (QED) is 0.770. The minimum absolute atomic E-state index is 0.264. The number of fused-ring (bicyclic) bond motifs is 1. The molecule has 0 aliphatic carbocycles. The lowest BCUT2D eigenvalue weighted by Crippen LogP contribution is -2.22. The van der Waals surface area contributed by atoms with Crippen molar-refractivity contribution in [2.24, 2.45) is 0 Å². The Morgan fingerprint density at radius 2 is 1.95 bits per heavy atom. The number of amides is 1. The molecule has 2 aromatic carbocycles. The van der Waals surface area contributed by atoms with E-state index in [-0.39, 0.29) is 5.91 Å². The zero-order valence-electron chi connectivity index (χ0n) is 11.2. The van der Waals surface area contributed by atoms with Crippen LogP contribution in [0.2, 0.25) is 10.0 Å². The van der Waals surface area contributed by atoms with Gasteiger partial charge in [-0.1, -0.05) is 29.3 Å². The van der Waals surface area contributed by atoms with Crippen LogP contribution in [0.5, 0.6) is 0 Å². The lowest BCUT2D eigenvalue weighted by Gasteiger charge is -2.06. The average Bonchev–Trinajstić information content (AvgIpc) is 2.86. The van der Waals surface area contributed by atoms with Crippen LogP contribution in [0.1, 0.15) is 15.9 Å². The highest BCUT2D eigenvalue weighted by Gasteiger charge is 2.08. The van der Waals surface area contributed by atoms with Crippen LogP contribution in [0.3, 0.4) is 0 Å². The summed E-state index contributed by atoms with van der Waals surface area (Å²) in [7, 11) is 0. The van der Waals surface area contributed by atoms with E-state index in [1.54, 1.807) is 30.3 Å². The maximum absolute atomic E-state index is 12.1. The first kappa shape index (κ1) is 14.7. The first-order valence-corrected chi connectivity index (χ1v) is 7.13. The van der Waals surface area contributed by atoms with Gasteiger partial charge >= 0.3 is 5.76 Å². The summed E-state index contributed by atoms with van der Waals surface area (Å²) in [6.45, 7) is 0.308. The fraction of sp³-hybridized carbons (Fsp3) is 0.0667. The normalized spacial score (nSPS) is 10.8. The van der Waals surface area contributed by atoms with Crippen LogP contribution in [0.25, 0.3) is 11.1 Å². The summed E-state index contributed by atoms with van der Waals surface area (Å²) in [4.78, 5) is 25.7. The van der Waals surface area contributed by atoms with Gasteiger partial charge in [-0.15, -0.1) is 0 Å². The smallest absolute Gasteiger partial charge is 0.408 e. The van der Waals surface area contributed by atoms with Gasteiger partial charge in [-0.3, -0.25) is 9.78 Å². The second-order valence-electron chi connectivity index (χ2n) is 4.66. The summed E-state index contributed by atoms with van der Waals surface area (Å²) in [5, 5.41) is 3.49. The van der Waals surface area contributed by atoms with Gasteiger partial charge in [0.2, 0.25) is 0 Å². The zero-order valence-corrected chi connectivity index (χ0v) is 12.7. The molecule has 22 heavy (non-hydrogen) atoms. The molecule has 2 N–H and O–H groups in total. The highest BCUT2D eigenvalue weighted by atomic mass is 35.5. The van der Waals surface area contributed by atoms with Crippen molar-refractivity contribution in [2.45, 2.75) is 6.54 Å². The molecule has 0 atom stereocenters. The number of carbonyl (C=O) groups excluding carboxylic acids is 1. The monoisotopic (exact) mass is 336 g/mol. The van der Waals surface area contributed by atoms with E-state index < -0.39 is 5.76 Å². The fourth-order valence-electron chi connectivity index (χ4n) is 2.03. The second kappa shape index (κ2) is 5.87. The summed E-state index contributed by atoms with van der Waals surface area (Å²) >= 11 is 11.7. The predicted molar refractivity (Wildman–Crippen MR) is 84.5 cm³/mol. The SMILES string of the molecule is O=C(NCc1ccc2oc(=O)[nH]c2c1)c1ccc(Cl)c(Cl)c1. The molecule has 5 nitrogen and oxygen atoms in total. The van der Waals surface area contributed by atoms with E-state index in [1.165, 1.54) is 6.07 Å². The number of hydrogen-bond donors (Lipinski definition) is 2. The van der Waals surface area contributed by atoms with Crippen molar-refractivity contribution in [3.05, 3.63) is 68.1 Å². The molecule has 1 amide bonds. The first-order valence-electron chi connectivity index (χ1n) is 6.38. The summed E-state index contributed by atoms with van der Waals surface area (Å²) in [6.07, 6.45) is 0. The maximum Gasteiger partial charge on any atom is 0.417 e. The van der Waals surface area contributed by atoms with Gasteiger partial charge in [-0.25, -0.2) is 4.79 Å². The van der Waals surface area contributed by atoms with Crippen LogP contribution < -0.4 is 11.1 Å². The van der Waals surface area contributed by atoms with Crippen molar-refractivity contribution in [3.8, 4) is 0 Å². The Labute approximate surface area is 134 Å². The third-order valence-electron chi connectivity index (χ3n) is 3.12. The molecule has 0 radical (unpaired) electrons. The summed E-state index contributed by atoms with van der Waals surface area (Å²) in [5.74, 6) is -0.772. The molecule has 3 rings (SSSR count). The van der Waals surface area contributed by atoms with Crippen molar-refractivity contribution < 1.29 is 9.21 Å². The minimum atomic E-state index is -0.507. The predicted octanol–water partition coefficient (Wildman–Crippen LogP) is 3.36. The number of aromatic nitrogens is 1. The molecule has 3 aromatic rings. The number of nitrogens with one attached hydrogen (secondary N) is 2. The van der Waals surface area contributed by atoms with Gasteiger partial charge in [0.05, 0.1) is 15.6 Å². The van der Waals surface area contributed by atoms with Gasteiger partial charge in [0.15, 0.2) is 5.58 Å². The van der Waals surface area contributed by atoms with Gasteiger partial charge in [-0.2, -0.15) is 0 Å². The molecule has 0 saturated heterocycles. The van der Waals surface area contributed by atoms with Gasteiger partial charge in [0.1, 0.15) is 0 Å². The van der Waals surface area contributed by atoms with Gasteiger partial charge in [-0.05, 0) is 35.9 Å². The standard InChI is InChI=1S/C15H10Cl2N2O3/c16-10-3-2-9(6-11(10)17)14(20)18-7-8-1-4-13-12(5-8)19-15(21)22-13/h1-6H,7H2,(H,18,20)(H,19,21). The number of aromatic amines is 1. The van der Waals surface area contributed by atoms with E-state index >= 15 is 0 Å². The van der Waals surface area contributed by atoms with Gasteiger partial charge in [0.25, 0.3) is 5.91 Å². The van der Waals surface area contributed by atoms with E-state index in [4.69, 9.17) is 27.6 Å². The van der Waals surface area contributed by atoms with E-state index in [9.17, 15) is 9.59 Å². The van der Waals surface area contributed by atoms with Crippen molar-refractivity contribution in [2.75, 3.05) is 0 Å². The highest BCUT2D eigenvalue weighted by molar-refractivity contribution is 6.42. The van der Waals surface area contributed by atoms with Gasteiger partial charge in [0, 0.05) is 12.1 Å². The maximum atomic E-state index is 12.1. The van der Waals surface area contributed by atoms with Crippen molar-refractivity contribution in [1.82, 2.24) is 10.3 Å². The molecule has 0 unspecified atom stereocenters. The Hall–Kier alpha value is -2.24. The Morgan fingerprint density at radius 3 is 2.73 bits per heavy atom. The molecule has 0 spiro atoms. The third-order valence-corrected chi connectivity index (χ3v) is 3.86. The van der Waals surface area contributed by atoms with Crippen LogP contribution in [-0.4, -0.2) is 10.9 Å². The van der Waals surface area contributed by atoms with Crippen LogP contribution in [0.15, 0.2) is 45.6 Å². The number of oxazole rings is 1. The number of H-pyrrole nitrogens is 1. The van der Waals surface area contributed by atoms with E-state index in [0.717, 1.165) is 5.56 Å². The number of halogens is 2. The van der Waals surface area contributed by atoms with E-state index in [2.05, 4.69) is 10.3 Å². The molecule has 1 aromatic heterocycles. The van der Waals surface area contributed by atoms with E-state index in [1.807, 2.05) is 0 Å². The third kappa shape index (κ3) is 3.00. The van der Waals surface area contributed by atoms with Crippen LogP contribution in [0.4, 0.5) is 0 Å². The molecule has 112 valence electrons. The lowest BCUT2D eigenvalue weighted by atomic mass is 10.2. The minimum Gasteiger partial charge on any atom is -0.408 e. The van der Waals surface area contributed by atoms with Crippen molar-refractivity contribution in [1.29, 1.82) is 0 Å². The molecule has 0 fully saturated rings. The summed E-state index contributed by atoms with van der Waals surface area (Å²) in [5.41, 5.74) is 2.32. The van der Waals surface area contributed by atoms with Crippen molar-refractivity contribution in [3.63, 3.8) is 0 Å². The van der Waals surface area contributed by atoms with Gasteiger partial charge < -0.3 is 9.73 Å². The molecule has 0 aliphatic rings. The second-order valence-corrected chi connectivity index (χ2v) is 5.47. The molecule has 1 heterocycles. The first-order chi connectivity index (χ1) is 10.5. The fourth-order valence-corrected chi connectivity index (χ4v) is 2.33. The van der Waals surface area contributed by atoms with Crippen molar-refractivity contribution >= 4 is 40.2 Å². The zero-order chi connectivity index (χ0) is 15.7. The lowest BCUT2D eigenvalue weighted by molar-refractivity contribution is 0.0951. The Kier molecular flexibility index (Phi) is 3.92. The molecule has 0 saturated carbocycles. The molecule has 0 aliphatic heterocycles. The average molecular weight is 337 g/mol. The number of hydrogen-bond acceptors (Lipinski definition) is 3. The van der Waals surface area contributed by atoms with Crippen LogP contribution in [0, 0.1) is 0 Å². The van der Waals surface area contributed by atoms with Crippen LogP contribution >= 0.6 is 23.2 Å². The van der Waals surface area contributed by atoms with E-state index in [0.29, 0.717) is 33.3 Å². The summed E-state index contributed by atoms with van der Waals surface area (Å²) < 4.78 is 4.92. The van der Waals surface area contributed by atoms with Crippen LogP contribution in [-0.2, 0) is 6.54 Å². The highest BCUT2D eigenvalue weighted by Crippen LogP contribution is 2.22. The molecule has 0 bridgehead atoms.